The van der Waals surface area contributed by atoms with Crippen molar-refractivity contribution in [1.82, 2.24) is 5.32 Å². The van der Waals surface area contributed by atoms with E-state index in [-0.39, 0.29) is 11.3 Å². The Morgan fingerprint density at radius 1 is 1.50 bits per heavy atom. The van der Waals surface area contributed by atoms with Crippen molar-refractivity contribution in [2.75, 3.05) is 5.75 Å². The lowest BCUT2D eigenvalue weighted by Gasteiger charge is -2.11. The molecule has 16 heavy (non-hydrogen) atoms. The molecule has 0 aliphatic heterocycles. The lowest BCUT2D eigenvalue weighted by atomic mass is 10.2. The normalized spacial score (nSPS) is 11.9. The molecule has 0 bridgehead atoms. The number of hydrogen-bond acceptors (Lipinski definition) is 3. The van der Waals surface area contributed by atoms with Crippen molar-refractivity contribution in [3.8, 4) is 0 Å². The van der Waals surface area contributed by atoms with E-state index < -0.39 is 23.7 Å². The van der Waals surface area contributed by atoms with Crippen LogP contribution in [0.2, 0.25) is 0 Å². The highest BCUT2D eigenvalue weighted by molar-refractivity contribution is 7.80. The van der Waals surface area contributed by atoms with Crippen LogP contribution in [-0.2, 0) is 4.79 Å². The van der Waals surface area contributed by atoms with Crippen molar-refractivity contribution in [2.45, 2.75) is 6.04 Å². The summed E-state index contributed by atoms with van der Waals surface area (Å²) in [4.78, 5) is 22.1. The summed E-state index contributed by atoms with van der Waals surface area (Å²) in [6, 6.07) is 3.92. The maximum absolute atomic E-state index is 12.8. The van der Waals surface area contributed by atoms with Crippen LogP contribution in [0.15, 0.2) is 24.3 Å². The molecule has 1 amide bonds. The van der Waals surface area contributed by atoms with Crippen molar-refractivity contribution < 1.29 is 19.1 Å². The number of carbonyl (C=O) groups excluding carboxylic acids is 1. The SMILES string of the molecule is O=C(NC(CS)C(=O)O)c1cccc(F)c1. The van der Waals surface area contributed by atoms with Crippen LogP contribution in [0, 0.1) is 5.82 Å². The summed E-state index contributed by atoms with van der Waals surface area (Å²) in [5.41, 5.74) is 0.0769. The predicted octanol–water partition coefficient (Wildman–Crippen LogP) is 0.939. The standard InChI is InChI=1S/C10H10FNO3S/c11-7-3-1-2-6(4-7)9(13)12-8(5-16)10(14)15/h1-4,8,16H,5H2,(H,12,13)(H,14,15). The van der Waals surface area contributed by atoms with E-state index in [0.717, 1.165) is 6.07 Å². The van der Waals surface area contributed by atoms with Gasteiger partial charge in [-0.25, -0.2) is 9.18 Å². The lowest BCUT2D eigenvalue weighted by Crippen LogP contribution is -2.42. The third kappa shape index (κ3) is 3.23. The summed E-state index contributed by atoms with van der Waals surface area (Å²) in [7, 11) is 0. The molecule has 1 atom stereocenters. The minimum absolute atomic E-state index is 0.0314. The van der Waals surface area contributed by atoms with Crippen molar-refractivity contribution in [3.05, 3.63) is 35.6 Å². The molecular formula is C10H10FNO3S. The zero-order valence-electron chi connectivity index (χ0n) is 8.18. The number of benzene rings is 1. The number of carboxylic acids is 1. The molecule has 4 nitrogen and oxygen atoms in total. The number of halogens is 1. The molecule has 2 N–H and O–H groups in total. The Bertz CT molecular complexity index is 411. The fourth-order valence-electron chi connectivity index (χ4n) is 1.06. The first kappa shape index (κ1) is 12.5. The van der Waals surface area contributed by atoms with Gasteiger partial charge in [-0.1, -0.05) is 6.07 Å². The van der Waals surface area contributed by atoms with Gasteiger partial charge in [-0.05, 0) is 18.2 Å². The summed E-state index contributed by atoms with van der Waals surface area (Å²) in [6.45, 7) is 0. The first-order valence-electron chi connectivity index (χ1n) is 4.44. The Hall–Kier alpha value is -1.56. The second-order valence-electron chi connectivity index (χ2n) is 3.06. The number of aliphatic carboxylic acids is 1. The third-order valence-electron chi connectivity index (χ3n) is 1.87. The summed E-state index contributed by atoms with van der Waals surface area (Å²) >= 11 is 3.79. The van der Waals surface area contributed by atoms with Crippen LogP contribution in [0.4, 0.5) is 4.39 Å². The van der Waals surface area contributed by atoms with Crippen molar-refractivity contribution >= 4 is 24.5 Å². The summed E-state index contributed by atoms with van der Waals surface area (Å²) in [5.74, 6) is -2.40. The third-order valence-corrected chi connectivity index (χ3v) is 2.24. The van der Waals surface area contributed by atoms with E-state index in [9.17, 15) is 14.0 Å². The Balaban J connectivity index is 2.75. The van der Waals surface area contributed by atoms with Gasteiger partial charge in [-0.15, -0.1) is 0 Å². The smallest absolute Gasteiger partial charge is 0.327 e. The number of rotatable bonds is 4. The number of hydrogen-bond donors (Lipinski definition) is 3. The van der Waals surface area contributed by atoms with Crippen LogP contribution >= 0.6 is 12.6 Å². The van der Waals surface area contributed by atoms with Crippen LogP contribution < -0.4 is 5.32 Å². The molecule has 0 fully saturated rings. The molecule has 0 spiro atoms. The van der Waals surface area contributed by atoms with E-state index in [1.54, 1.807) is 0 Å². The summed E-state index contributed by atoms with van der Waals surface area (Å²) in [6.07, 6.45) is 0. The molecule has 6 heteroatoms. The Labute approximate surface area is 96.9 Å². The van der Waals surface area contributed by atoms with Crippen molar-refractivity contribution in [3.63, 3.8) is 0 Å². The van der Waals surface area contributed by atoms with Crippen LogP contribution in [0.3, 0.4) is 0 Å². The summed E-state index contributed by atoms with van der Waals surface area (Å²) in [5, 5.41) is 10.9. The Morgan fingerprint density at radius 3 is 2.69 bits per heavy atom. The monoisotopic (exact) mass is 243 g/mol. The lowest BCUT2D eigenvalue weighted by molar-refractivity contribution is -0.138. The summed E-state index contributed by atoms with van der Waals surface area (Å²) < 4.78 is 12.8. The van der Waals surface area contributed by atoms with Crippen LogP contribution in [0.5, 0.6) is 0 Å². The van der Waals surface area contributed by atoms with Gasteiger partial charge < -0.3 is 10.4 Å². The second kappa shape index (κ2) is 5.50. The molecule has 1 aromatic rings. The van der Waals surface area contributed by atoms with Gasteiger partial charge in [0.15, 0.2) is 0 Å². The topological polar surface area (TPSA) is 66.4 Å². The fourth-order valence-corrected chi connectivity index (χ4v) is 1.30. The van der Waals surface area contributed by atoms with Gasteiger partial charge in [0.2, 0.25) is 0 Å². The van der Waals surface area contributed by atoms with Gasteiger partial charge in [-0.3, -0.25) is 4.79 Å². The minimum Gasteiger partial charge on any atom is -0.480 e. The van der Waals surface area contributed by atoms with E-state index >= 15 is 0 Å². The quantitative estimate of drug-likeness (QED) is 0.689. The molecule has 1 aromatic carbocycles. The number of amides is 1. The first-order valence-corrected chi connectivity index (χ1v) is 5.08. The molecule has 0 aromatic heterocycles. The van der Waals surface area contributed by atoms with Gasteiger partial charge >= 0.3 is 5.97 Å². The maximum atomic E-state index is 12.8. The van der Waals surface area contributed by atoms with Gasteiger partial charge in [0.25, 0.3) is 5.91 Å². The highest BCUT2D eigenvalue weighted by atomic mass is 32.1. The van der Waals surface area contributed by atoms with Gasteiger partial charge in [-0.2, -0.15) is 12.6 Å². The maximum Gasteiger partial charge on any atom is 0.327 e. The van der Waals surface area contributed by atoms with Gasteiger partial charge in [0.1, 0.15) is 11.9 Å². The van der Waals surface area contributed by atoms with Crippen LogP contribution in [0.1, 0.15) is 10.4 Å². The molecule has 0 aliphatic carbocycles. The van der Waals surface area contributed by atoms with Crippen LogP contribution in [-0.4, -0.2) is 28.8 Å². The van der Waals surface area contributed by atoms with E-state index in [4.69, 9.17) is 5.11 Å². The first-order chi connectivity index (χ1) is 7.54. The molecular weight excluding hydrogens is 233 g/mol. The number of carboxylic acid groups (broad SMARTS) is 1. The molecule has 0 saturated heterocycles. The minimum atomic E-state index is -1.18. The van der Waals surface area contributed by atoms with E-state index in [2.05, 4.69) is 17.9 Å². The molecule has 0 aliphatic rings. The largest absolute Gasteiger partial charge is 0.480 e. The van der Waals surface area contributed by atoms with Crippen molar-refractivity contribution in [2.24, 2.45) is 0 Å². The highest BCUT2D eigenvalue weighted by Crippen LogP contribution is 2.04. The molecule has 86 valence electrons. The van der Waals surface area contributed by atoms with Gasteiger partial charge in [0.05, 0.1) is 0 Å². The van der Waals surface area contributed by atoms with Crippen molar-refractivity contribution in [1.29, 1.82) is 0 Å². The second-order valence-corrected chi connectivity index (χ2v) is 3.42. The molecule has 1 rings (SSSR count). The molecule has 0 radical (unpaired) electrons. The Morgan fingerprint density at radius 2 is 2.19 bits per heavy atom. The van der Waals surface area contributed by atoms with E-state index in [1.807, 2.05) is 0 Å². The number of thiol groups is 1. The zero-order chi connectivity index (χ0) is 12.1. The molecule has 0 heterocycles. The van der Waals surface area contributed by atoms with Gasteiger partial charge in [0, 0.05) is 11.3 Å². The van der Waals surface area contributed by atoms with E-state index in [0.29, 0.717) is 0 Å². The average Bonchev–Trinajstić information content (AvgIpc) is 2.25. The number of carbonyl (C=O) groups is 2. The van der Waals surface area contributed by atoms with E-state index in [1.165, 1.54) is 18.2 Å². The average molecular weight is 243 g/mol. The zero-order valence-corrected chi connectivity index (χ0v) is 9.08. The molecule has 1 unspecified atom stereocenters. The fraction of sp³-hybridized carbons (Fsp3) is 0.200. The Kier molecular flexibility index (Phi) is 4.30. The number of nitrogens with one attached hydrogen (secondary N) is 1. The van der Waals surface area contributed by atoms with Crippen LogP contribution in [0.25, 0.3) is 0 Å². The molecule has 0 saturated carbocycles. The highest BCUT2D eigenvalue weighted by Gasteiger charge is 2.18. The predicted molar refractivity (Wildman–Crippen MR) is 59.1 cm³/mol.